The number of nitrogens with one attached hydrogen (secondary N) is 2. The van der Waals surface area contributed by atoms with E-state index in [0.29, 0.717) is 21.0 Å². The number of urea groups is 1. The molecule has 0 radical (unpaired) electrons. The van der Waals surface area contributed by atoms with E-state index in [4.69, 9.17) is 23.2 Å². The van der Waals surface area contributed by atoms with E-state index >= 15 is 0 Å². The third-order valence-corrected chi connectivity index (χ3v) is 7.33. The van der Waals surface area contributed by atoms with Gasteiger partial charge in [0.2, 0.25) is 0 Å². The van der Waals surface area contributed by atoms with Gasteiger partial charge in [0.15, 0.2) is 11.0 Å². The Kier molecular flexibility index (Phi) is 8.17. The Labute approximate surface area is 208 Å². The Morgan fingerprint density at radius 3 is 2.67 bits per heavy atom. The van der Waals surface area contributed by atoms with Crippen LogP contribution in [-0.4, -0.2) is 26.8 Å². The summed E-state index contributed by atoms with van der Waals surface area (Å²) in [6.45, 7) is 2.33. The standard InChI is InChI=1S/C24H27Cl2N5OS/c1-16-7-5-6-8-17(16)15-33-24-30-29-22(31(24)21-12-11-18(25)13-20(21)26)14-27-23(32)28-19-9-3-2-4-10-19/h5-8,11-13,19H,2-4,9-10,14-15H2,1H3,(H2,27,28,32). The van der Waals surface area contributed by atoms with E-state index in [2.05, 4.69) is 39.9 Å². The van der Waals surface area contributed by atoms with E-state index in [9.17, 15) is 4.79 Å². The van der Waals surface area contributed by atoms with Gasteiger partial charge in [0, 0.05) is 16.8 Å². The highest BCUT2D eigenvalue weighted by atomic mass is 35.5. The zero-order chi connectivity index (χ0) is 23.2. The van der Waals surface area contributed by atoms with Crippen LogP contribution in [0, 0.1) is 6.92 Å². The molecule has 174 valence electrons. The number of hydrogen-bond donors (Lipinski definition) is 2. The number of aryl methyl sites for hydroxylation is 1. The number of carbonyl (C=O) groups is 1. The van der Waals surface area contributed by atoms with Gasteiger partial charge in [-0.15, -0.1) is 10.2 Å². The second-order valence-electron chi connectivity index (χ2n) is 8.21. The Morgan fingerprint density at radius 1 is 1.12 bits per heavy atom. The number of carbonyl (C=O) groups excluding carboxylic acids is 1. The van der Waals surface area contributed by atoms with Gasteiger partial charge in [-0.3, -0.25) is 4.57 Å². The number of amides is 2. The van der Waals surface area contributed by atoms with Gasteiger partial charge in [0.1, 0.15) is 0 Å². The van der Waals surface area contributed by atoms with Crippen LogP contribution in [0.2, 0.25) is 10.0 Å². The predicted molar refractivity (Wildman–Crippen MR) is 134 cm³/mol. The lowest BCUT2D eigenvalue weighted by Gasteiger charge is -2.22. The molecule has 1 aliphatic carbocycles. The summed E-state index contributed by atoms with van der Waals surface area (Å²) in [4.78, 5) is 12.5. The van der Waals surface area contributed by atoms with Crippen molar-refractivity contribution >= 4 is 41.0 Å². The van der Waals surface area contributed by atoms with Crippen LogP contribution in [-0.2, 0) is 12.3 Å². The van der Waals surface area contributed by atoms with Gasteiger partial charge in [0.25, 0.3) is 0 Å². The molecule has 3 aromatic rings. The summed E-state index contributed by atoms with van der Waals surface area (Å²) >= 11 is 14.2. The summed E-state index contributed by atoms with van der Waals surface area (Å²) in [5, 5.41) is 16.5. The Morgan fingerprint density at radius 2 is 1.91 bits per heavy atom. The number of hydrogen-bond acceptors (Lipinski definition) is 4. The number of nitrogens with zero attached hydrogens (tertiary/aromatic N) is 3. The first-order valence-corrected chi connectivity index (χ1v) is 12.9. The SMILES string of the molecule is Cc1ccccc1CSc1nnc(CNC(=O)NC2CCCCC2)n1-c1ccc(Cl)cc1Cl. The zero-order valence-electron chi connectivity index (χ0n) is 18.5. The molecule has 1 aliphatic rings. The Bertz CT molecular complexity index is 1110. The molecule has 6 nitrogen and oxygen atoms in total. The van der Waals surface area contributed by atoms with Gasteiger partial charge in [-0.2, -0.15) is 0 Å². The van der Waals surface area contributed by atoms with Crippen molar-refractivity contribution in [1.82, 2.24) is 25.4 Å². The highest BCUT2D eigenvalue weighted by molar-refractivity contribution is 7.98. The van der Waals surface area contributed by atoms with Crippen molar-refractivity contribution in [3.05, 3.63) is 69.5 Å². The van der Waals surface area contributed by atoms with Crippen LogP contribution in [0.1, 0.15) is 49.1 Å². The third kappa shape index (κ3) is 6.22. The van der Waals surface area contributed by atoms with Gasteiger partial charge in [0.05, 0.1) is 17.3 Å². The van der Waals surface area contributed by atoms with E-state index in [-0.39, 0.29) is 18.6 Å². The summed E-state index contributed by atoms with van der Waals surface area (Å²) in [6, 6.07) is 13.6. The van der Waals surface area contributed by atoms with Crippen LogP contribution in [0.4, 0.5) is 4.79 Å². The predicted octanol–water partition coefficient (Wildman–Crippen LogP) is 6.31. The molecule has 1 aromatic heterocycles. The fourth-order valence-electron chi connectivity index (χ4n) is 3.97. The van der Waals surface area contributed by atoms with E-state index in [1.165, 1.54) is 17.5 Å². The minimum absolute atomic E-state index is 0.187. The molecule has 4 rings (SSSR count). The fraction of sp³-hybridized carbons (Fsp3) is 0.375. The normalized spacial score (nSPS) is 14.3. The lowest BCUT2D eigenvalue weighted by molar-refractivity contribution is 0.232. The smallest absolute Gasteiger partial charge is 0.315 e. The molecule has 0 saturated heterocycles. The minimum Gasteiger partial charge on any atom is -0.335 e. The molecule has 0 aliphatic heterocycles. The molecular formula is C24H27Cl2N5OS. The quantitative estimate of drug-likeness (QED) is 0.370. The fourth-order valence-corrected chi connectivity index (χ4v) is 5.50. The van der Waals surface area contributed by atoms with Crippen molar-refractivity contribution < 1.29 is 4.79 Å². The zero-order valence-corrected chi connectivity index (χ0v) is 20.8. The van der Waals surface area contributed by atoms with Crippen molar-refractivity contribution in [3.8, 4) is 5.69 Å². The largest absolute Gasteiger partial charge is 0.335 e. The van der Waals surface area contributed by atoms with Gasteiger partial charge in [-0.25, -0.2) is 4.79 Å². The molecule has 2 aromatic carbocycles. The summed E-state index contributed by atoms with van der Waals surface area (Å²) in [5.74, 6) is 1.34. The van der Waals surface area contributed by atoms with Crippen molar-refractivity contribution in [2.75, 3.05) is 0 Å². The van der Waals surface area contributed by atoms with Crippen LogP contribution in [0.5, 0.6) is 0 Å². The maximum absolute atomic E-state index is 12.5. The van der Waals surface area contributed by atoms with Crippen molar-refractivity contribution in [3.63, 3.8) is 0 Å². The van der Waals surface area contributed by atoms with Crippen LogP contribution < -0.4 is 10.6 Å². The second kappa shape index (κ2) is 11.3. The monoisotopic (exact) mass is 503 g/mol. The van der Waals surface area contributed by atoms with Gasteiger partial charge < -0.3 is 10.6 Å². The number of thioether (sulfide) groups is 1. The average Bonchev–Trinajstić information content (AvgIpc) is 3.20. The lowest BCUT2D eigenvalue weighted by Crippen LogP contribution is -2.42. The number of rotatable bonds is 7. The number of aromatic nitrogens is 3. The van der Waals surface area contributed by atoms with E-state index < -0.39 is 0 Å². The second-order valence-corrected chi connectivity index (χ2v) is 9.99. The maximum Gasteiger partial charge on any atom is 0.315 e. The molecule has 0 spiro atoms. The summed E-state index contributed by atoms with van der Waals surface area (Å²) < 4.78 is 1.89. The number of halogens is 2. The molecule has 1 heterocycles. The molecule has 0 atom stereocenters. The molecular weight excluding hydrogens is 477 g/mol. The van der Waals surface area contributed by atoms with Crippen molar-refractivity contribution in [2.45, 2.75) is 62.5 Å². The van der Waals surface area contributed by atoms with E-state index in [0.717, 1.165) is 37.1 Å². The molecule has 0 unspecified atom stereocenters. The molecule has 0 bridgehead atoms. The highest BCUT2D eigenvalue weighted by Gasteiger charge is 2.19. The van der Waals surface area contributed by atoms with Crippen LogP contribution in [0.15, 0.2) is 47.6 Å². The van der Waals surface area contributed by atoms with Gasteiger partial charge >= 0.3 is 6.03 Å². The van der Waals surface area contributed by atoms with Crippen molar-refractivity contribution in [1.29, 1.82) is 0 Å². The first kappa shape index (κ1) is 23.9. The Hall–Kier alpha value is -2.22. The van der Waals surface area contributed by atoms with Crippen LogP contribution >= 0.6 is 35.0 Å². The summed E-state index contributed by atoms with van der Waals surface area (Å²) in [6.07, 6.45) is 5.63. The lowest BCUT2D eigenvalue weighted by atomic mass is 9.96. The van der Waals surface area contributed by atoms with Gasteiger partial charge in [-0.1, -0.05) is 78.5 Å². The minimum atomic E-state index is -0.187. The Balaban J connectivity index is 1.53. The van der Waals surface area contributed by atoms with Crippen molar-refractivity contribution in [2.24, 2.45) is 0 Å². The molecule has 9 heteroatoms. The molecule has 2 amide bonds. The molecule has 2 N–H and O–H groups in total. The molecule has 33 heavy (non-hydrogen) atoms. The van der Waals surface area contributed by atoms with Crippen LogP contribution in [0.25, 0.3) is 5.69 Å². The first-order valence-electron chi connectivity index (χ1n) is 11.1. The van der Waals surface area contributed by atoms with E-state index in [1.807, 2.05) is 22.8 Å². The maximum atomic E-state index is 12.5. The topological polar surface area (TPSA) is 71.8 Å². The van der Waals surface area contributed by atoms with E-state index in [1.54, 1.807) is 23.9 Å². The molecule has 1 fully saturated rings. The molecule has 1 saturated carbocycles. The van der Waals surface area contributed by atoms with Gasteiger partial charge in [-0.05, 0) is 49.1 Å². The highest BCUT2D eigenvalue weighted by Crippen LogP contribution is 2.31. The number of benzene rings is 2. The van der Waals surface area contributed by atoms with Crippen LogP contribution in [0.3, 0.4) is 0 Å². The third-order valence-electron chi connectivity index (χ3n) is 5.82. The summed E-state index contributed by atoms with van der Waals surface area (Å²) in [7, 11) is 0. The first-order chi connectivity index (χ1) is 16.0. The average molecular weight is 504 g/mol. The summed E-state index contributed by atoms with van der Waals surface area (Å²) in [5.41, 5.74) is 3.18.